The van der Waals surface area contributed by atoms with Gasteiger partial charge in [0.05, 0.1) is 0 Å². The summed E-state index contributed by atoms with van der Waals surface area (Å²) in [5, 5.41) is 7.00. The zero-order chi connectivity index (χ0) is 8.10. The van der Waals surface area contributed by atoms with Crippen LogP contribution in [0.5, 0.6) is 0 Å². The quantitative estimate of drug-likeness (QED) is 0.531. The normalized spacial score (nSPS) is 36.9. The molecule has 11 heavy (non-hydrogen) atoms. The fraction of sp³-hybridized carbons (Fsp3) is 0.800. The minimum Gasteiger partial charge on any atom is -0.400 e. The third kappa shape index (κ3) is 2.66. The van der Waals surface area contributed by atoms with Crippen molar-refractivity contribution in [1.82, 2.24) is 0 Å². The Morgan fingerprint density at radius 2 is 1.45 bits per heavy atom. The van der Waals surface area contributed by atoms with Crippen LogP contribution in [0.3, 0.4) is 0 Å². The Balaban J connectivity index is 0.000000281. The summed E-state index contributed by atoms with van der Waals surface area (Å²) in [7, 11) is 1.00. The molecule has 2 rings (SSSR count). The summed E-state index contributed by atoms with van der Waals surface area (Å²) in [5.41, 5.74) is 0. The Bertz CT molecular complexity index is 115. The van der Waals surface area contributed by atoms with Crippen molar-refractivity contribution in [2.75, 3.05) is 7.11 Å². The SMILES string of the molecule is C1=C\CC[C@@H]2CC2CC/1.CO. The van der Waals surface area contributed by atoms with Gasteiger partial charge in [0.25, 0.3) is 0 Å². The molecule has 0 aromatic carbocycles. The van der Waals surface area contributed by atoms with Crippen LogP contribution >= 0.6 is 0 Å². The summed E-state index contributed by atoms with van der Waals surface area (Å²) >= 11 is 0. The lowest BCUT2D eigenvalue weighted by Gasteiger charge is -1.99. The topological polar surface area (TPSA) is 20.2 Å². The molecule has 0 radical (unpaired) electrons. The summed E-state index contributed by atoms with van der Waals surface area (Å²) in [5.74, 6) is 2.27. The molecule has 1 N–H and O–H groups in total. The third-order valence-electron chi connectivity index (χ3n) is 2.64. The van der Waals surface area contributed by atoms with Gasteiger partial charge in [0.1, 0.15) is 0 Å². The van der Waals surface area contributed by atoms with E-state index in [1.165, 1.54) is 25.7 Å². The molecule has 0 aromatic rings. The molecule has 1 saturated carbocycles. The highest BCUT2D eigenvalue weighted by atomic mass is 16.2. The molecule has 0 spiro atoms. The van der Waals surface area contributed by atoms with Crippen LogP contribution < -0.4 is 0 Å². The first-order valence-corrected chi connectivity index (χ1v) is 4.56. The molecular weight excluding hydrogens is 136 g/mol. The van der Waals surface area contributed by atoms with Gasteiger partial charge in [0.2, 0.25) is 0 Å². The van der Waals surface area contributed by atoms with Gasteiger partial charge in [-0.1, -0.05) is 12.2 Å². The molecule has 0 heterocycles. The molecule has 1 heteroatoms. The summed E-state index contributed by atoms with van der Waals surface area (Å²) in [6.45, 7) is 0. The van der Waals surface area contributed by atoms with Gasteiger partial charge in [-0.2, -0.15) is 0 Å². The maximum absolute atomic E-state index is 7.00. The Hall–Kier alpha value is -0.300. The van der Waals surface area contributed by atoms with Crippen molar-refractivity contribution in [2.24, 2.45) is 11.8 Å². The van der Waals surface area contributed by atoms with E-state index >= 15 is 0 Å². The van der Waals surface area contributed by atoms with E-state index in [2.05, 4.69) is 12.2 Å². The lowest BCUT2D eigenvalue weighted by atomic mass is 10.1. The molecule has 2 atom stereocenters. The van der Waals surface area contributed by atoms with Gasteiger partial charge in [-0.25, -0.2) is 0 Å². The van der Waals surface area contributed by atoms with Crippen molar-refractivity contribution in [3.8, 4) is 0 Å². The van der Waals surface area contributed by atoms with E-state index in [1.807, 2.05) is 0 Å². The fourth-order valence-electron chi connectivity index (χ4n) is 1.87. The molecule has 2 aliphatic carbocycles. The molecule has 1 nitrogen and oxygen atoms in total. The first-order valence-electron chi connectivity index (χ1n) is 4.56. The van der Waals surface area contributed by atoms with Crippen LogP contribution in [0.1, 0.15) is 32.1 Å². The molecule has 0 amide bonds. The number of allylic oxidation sites excluding steroid dienone is 2. The number of hydrogen-bond donors (Lipinski definition) is 1. The zero-order valence-electron chi connectivity index (χ0n) is 7.29. The van der Waals surface area contributed by atoms with Crippen LogP contribution in [0.25, 0.3) is 0 Å². The van der Waals surface area contributed by atoms with Gasteiger partial charge < -0.3 is 5.11 Å². The summed E-state index contributed by atoms with van der Waals surface area (Å²) in [6, 6.07) is 0. The van der Waals surface area contributed by atoms with E-state index in [1.54, 1.807) is 6.42 Å². The van der Waals surface area contributed by atoms with Crippen molar-refractivity contribution < 1.29 is 5.11 Å². The molecule has 2 aliphatic rings. The second kappa shape index (κ2) is 4.55. The van der Waals surface area contributed by atoms with Crippen molar-refractivity contribution in [2.45, 2.75) is 32.1 Å². The Morgan fingerprint density at radius 3 is 1.91 bits per heavy atom. The van der Waals surface area contributed by atoms with Crippen molar-refractivity contribution in [3.63, 3.8) is 0 Å². The number of aliphatic hydroxyl groups is 1. The molecule has 1 unspecified atom stereocenters. The second-order valence-electron chi connectivity index (χ2n) is 3.38. The van der Waals surface area contributed by atoms with Crippen LogP contribution in [-0.4, -0.2) is 12.2 Å². The van der Waals surface area contributed by atoms with E-state index in [9.17, 15) is 0 Å². The van der Waals surface area contributed by atoms with Crippen molar-refractivity contribution in [1.29, 1.82) is 0 Å². The van der Waals surface area contributed by atoms with Crippen LogP contribution in [0.4, 0.5) is 0 Å². The second-order valence-corrected chi connectivity index (χ2v) is 3.38. The maximum Gasteiger partial charge on any atom is 0.0319 e. The minimum absolute atomic E-state index is 1.00. The summed E-state index contributed by atoms with van der Waals surface area (Å²) in [4.78, 5) is 0. The van der Waals surface area contributed by atoms with Crippen LogP contribution in [0.15, 0.2) is 12.2 Å². The molecule has 1 fully saturated rings. The van der Waals surface area contributed by atoms with Gasteiger partial charge >= 0.3 is 0 Å². The average Bonchev–Trinajstić information content (AvgIpc) is 2.71. The summed E-state index contributed by atoms with van der Waals surface area (Å²) < 4.78 is 0. The van der Waals surface area contributed by atoms with Gasteiger partial charge in [-0.15, -0.1) is 0 Å². The van der Waals surface area contributed by atoms with E-state index in [4.69, 9.17) is 5.11 Å². The number of aliphatic hydroxyl groups excluding tert-OH is 1. The molecule has 0 aliphatic heterocycles. The van der Waals surface area contributed by atoms with Crippen LogP contribution in [0, 0.1) is 11.8 Å². The van der Waals surface area contributed by atoms with E-state index in [-0.39, 0.29) is 0 Å². The van der Waals surface area contributed by atoms with Crippen molar-refractivity contribution in [3.05, 3.63) is 12.2 Å². The van der Waals surface area contributed by atoms with Crippen LogP contribution in [0.2, 0.25) is 0 Å². The minimum atomic E-state index is 1.00. The van der Waals surface area contributed by atoms with Gasteiger partial charge in [-0.3, -0.25) is 0 Å². The lowest BCUT2D eigenvalue weighted by Crippen LogP contribution is -1.85. The van der Waals surface area contributed by atoms with Crippen LogP contribution in [-0.2, 0) is 0 Å². The first kappa shape index (κ1) is 8.79. The Morgan fingerprint density at radius 1 is 1.00 bits per heavy atom. The fourth-order valence-corrected chi connectivity index (χ4v) is 1.87. The van der Waals surface area contributed by atoms with Gasteiger partial charge in [0, 0.05) is 7.11 Å². The number of hydrogen-bond acceptors (Lipinski definition) is 1. The largest absolute Gasteiger partial charge is 0.400 e. The first-order chi connectivity index (χ1) is 5.47. The van der Waals surface area contributed by atoms with E-state index < -0.39 is 0 Å². The Kier molecular flexibility index (Phi) is 3.64. The molecule has 0 saturated heterocycles. The predicted molar refractivity (Wildman–Crippen MR) is 47.3 cm³/mol. The standard InChI is InChI=1S/C9H14.CH4O/c1-2-4-6-9-7-8(9)5-3-1;1-2/h1-2,8-9H,3-7H2;2H,1H3/b2-1-;/t8-,9?;/m1./s1. The van der Waals surface area contributed by atoms with E-state index in [0.29, 0.717) is 0 Å². The highest BCUT2D eigenvalue weighted by molar-refractivity contribution is 4.94. The predicted octanol–water partition coefficient (Wildman–Crippen LogP) is 2.36. The smallest absolute Gasteiger partial charge is 0.0319 e. The molecule has 0 aromatic heterocycles. The Labute approximate surface area is 69.1 Å². The lowest BCUT2D eigenvalue weighted by molar-refractivity contribution is 0.399. The van der Waals surface area contributed by atoms with Crippen molar-refractivity contribution >= 4 is 0 Å². The molecule has 0 bridgehead atoms. The number of fused-ring (bicyclic) bond motifs is 1. The zero-order valence-corrected chi connectivity index (χ0v) is 7.29. The van der Waals surface area contributed by atoms with Gasteiger partial charge in [0.15, 0.2) is 0 Å². The average molecular weight is 154 g/mol. The highest BCUT2D eigenvalue weighted by Gasteiger charge is 2.35. The summed E-state index contributed by atoms with van der Waals surface area (Å²) in [6.07, 6.45) is 11.9. The third-order valence-corrected chi connectivity index (χ3v) is 2.64. The van der Waals surface area contributed by atoms with E-state index in [0.717, 1.165) is 18.9 Å². The number of rotatable bonds is 0. The molecular formula is C10H18O. The maximum atomic E-state index is 7.00. The highest BCUT2D eigenvalue weighted by Crippen LogP contribution is 2.45. The monoisotopic (exact) mass is 154 g/mol. The van der Waals surface area contributed by atoms with Gasteiger partial charge in [-0.05, 0) is 43.9 Å². The molecule has 64 valence electrons.